The zero-order valence-electron chi connectivity index (χ0n) is 18.3. The number of nitrogens with zero attached hydrogens (tertiary/aromatic N) is 4. The summed E-state index contributed by atoms with van der Waals surface area (Å²) in [6.45, 7) is 8.29. The van der Waals surface area contributed by atoms with Crippen molar-refractivity contribution in [2.45, 2.75) is 26.4 Å². The van der Waals surface area contributed by atoms with Crippen LogP contribution in [0.3, 0.4) is 0 Å². The first kappa shape index (κ1) is 22.5. The van der Waals surface area contributed by atoms with E-state index in [0.29, 0.717) is 43.7 Å². The molecule has 1 saturated heterocycles. The summed E-state index contributed by atoms with van der Waals surface area (Å²) in [7, 11) is 1.56. The Morgan fingerprint density at radius 1 is 1.13 bits per heavy atom. The molecule has 1 N–H and O–H groups in total. The van der Waals surface area contributed by atoms with E-state index in [4.69, 9.17) is 14.2 Å². The van der Waals surface area contributed by atoms with Crippen molar-refractivity contribution >= 4 is 28.7 Å². The number of carbonyl (C=O) groups is 2. The van der Waals surface area contributed by atoms with Gasteiger partial charge in [-0.3, -0.25) is 0 Å². The average molecular weight is 432 g/mol. The summed E-state index contributed by atoms with van der Waals surface area (Å²) in [4.78, 5) is 36.3. The molecule has 1 amide bonds. The van der Waals surface area contributed by atoms with Crippen LogP contribution in [0.5, 0.6) is 6.01 Å². The van der Waals surface area contributed by atoms with Crippen molar-refractivity contribution in [3.8, 4) is 6.01 Å². The normalized spacial score (nSPS) is 14.6. The second-order valence-corrected chi connectivity index (χ2v) is 8.15. The van der Waals surface area contributed by atoms with Gasteiger partial charge in [0, 0.05) is 50.6 Å². The molecule has 0 aliphatic carbocycles. The molecule has 10 nitrogen and oxygen atoms in total. The van der Waals surface area contributed by atoms with Gasteiger partial charge in [0.1, 0.15) is 12.2 Å². The number of aromatic nitrogens is 2. The molecule has 2 heterocycles. The highest BCUT2D eigenvalue weighted by Crippen LogP contribution is 2.30. The maximum absolute atomic E-state index is 12.3. The van der Waals surface area contributed by atoms with E-state index < -0.39 is 11.6 Å². The number of benzene rings is 1. The lowest BCUT2D eigenvalue weighted by molar-refractivity contribution is 0.0240. The van der Waals surface area contributed by atoms with Gasteiger partial charge in [-0.15, -0.1) is 0 Å². The second-order valence-electron chi connectivity index (χ2n) is 8.15. The summed E-state index contributed by atoms with van der Waals surface area (Å²) in [6, 6.07) is 3.38. The number of aromatic carboxylic acids is 1. The van der Waals surface area contributed by atoms with Crippen molar-refractivity contribution in [1.29, 1.82) is 0 Å². The summed E-state index contributed by atoms with van der Waals surface area (Å²) < 4.78 is 15.8. The molecule has 2 aromatic rings. The number of carboxylic acid groups (broad SMARTS) is 1. The molecule has 0 bridgehead atoms. The van der Waals surface area contributed by atoms with Gasteiger partial charge < -0.3 is 29.1 Å². The van der Waals surface area contributed by atoms with E-state index >= 15 is 0 Å². The minimum Gasteiger partial charge on any atom is -0.478 e. The molecule has 0 unspecified atom stereocenters. The molecule has 0 saturated carbocycles. The highest BCUT2D eigenvalue weighted by Gasteiger charge is 2.27. The first-order valence-electron chi connectivity index (χ1n) is 10.1. The Balaban J connectivity index is 1.82. The molecule has 1 aliphatic rings. The molecule has 3 rings (SSSR count). The number of rotatable bonds is 6. The van der Waals surface area contributed by atoms with Crippen molar-refractivity contribution < 1.29 is 28.9 Å². The largest absolute Gasteiger partial charge is 0.478 e. The van der Waals surface area contributed by atoms with Gasteiger partial charge in [0.25, 0.3) is 0 Å². The smallest absolute Gasteiger partial charge is 0.410 e. The zero-order valence-corrected chi connectivity index (χ0v) is 18.3. The minimum absolute atomic E-state index is 0.0742. The van der Waals surface area contributed by atoms with Crippen LogP contribution in [0.1, 0.15) is 31.1 Å². The Hall–Kier alpha value is -3.14. The molecule has 0 radical (unpaired) electrons. The Labute approximate surface area is 180 Å². The first-order valence-corrected chi connectivity index (χ1v) is 10.1. The number of anilines is 1. The third kappa shape index (κ3) is 5.52. The van der Waals surface area contributed by atoms with Crippen LogP contribution in [0.2, 0.25) is 0 Å². The molecule has 0 atom stereocenters. The van der Waals surface area contributed by atoms with Gasteiger partial charge in [0.15, 0.2) is 0 Å². The standard InChI is InChI=1S/C21H28N4O6/c1-21(2,3)31-20(28)25-9-7-24(8-10-25)16-6-5-14(18(26)27)17-15(16)13-22-19(23-17)30-12-11-29-4/h5-6,13H,7-12H2,1-4H3,(H,26,27). The first-order chi connectivity index (χ1) is 14.7. The molecule has 1 aliphatic heterocycles. The number of piperazine rings is 1. The van der Waals surface area contributed by atoms with E-state index in [9.17, 15) is 14.7 Å². The van der Waals surface area contributed by atoms with Gasteiger partial charge in [-0.1, -0.05) is 0 Å². The van der Waals surface area contributed by atoms with E-state index in [1.165, 1.54) is 6.07 Å². The summed E-state index contributed by atoms with van der Waals surface area (Å²) in [5.41, 5.74) is 0.650. The molecule has 31 heavy (non-hydrogen) atoms. The number of carboxylic acids is 1. The van der Waals surface area contributed by atoms with Crippen molar-refractivity contribution in [2.24, 2.45) is 0 Å². The second kappa shape index (κ2) is 9.34. The zero-order chi connectivity index (χ0) is 22.6. The molecule has 0 spiro atoms. The fourth-order valence-electron chi connectivity index (χ4n) is 3.28. The van der Waals surface area contributed by atoms with E-state index in [-0.39, 0.29) is 24.3 Å². The quantitative estimate of drug-likeness (QED) is 0.687. The van der Waals surface area contributed by atoms with Crippen LogP contribution >= 0.6 is 0 Å². The summed E-state index contributed by atoms with van der Waals surface area (Å²) >= 11 is 0. The predicted molar refractivity (Wildman–Crippen MR) is 114 cm³/mol. The van der Waals surface area contributed by atoms with E-state index in [1.54, 1.807) is 24.3 Å². The van der Waals surface area contributed by atoms with Crippen LogP contribution in [0, 0.1) is 0 Å². The van der Waals surface area contributed by atoms with Crippen molar-refractivity contribution in [2.75, 3.05) is 51.4 Å². The summed E-state index contributed by atoms with van der Waals surface area (Å²) in [6.07, 6.45) is 1.24. The number of hydrogen-bond donors (Lipinski definition) is 1. The molecule has 168 valence electrons. The predicted octanol–water partition coefficient (Wildman–Crippen LogP) is 2.41. The van der Waals surface area contributed by atoms with Gasteiger partial charge in [-0.25, -0.2) is 14.6 Å². The van der Waals surface area contributed by atoms with Crippen LogP contribution < -0.4 is 9.64 Å². The lowest BCUT2D eigenvalue weighted by atomic mass is 10.1. The number of fused-ring (bicyclic) bond motifs is 1. The third-order valence-corrected chi connectivity index (χ3v) is 4.73. The Morgan fingerprint density at radius 3 is 2.45 bits per heavy atom. The molecular weight excluding hydrogens is 404 g/mol. The van der Waals surface area contributed by atoms with Crippen molar-refractivity contribution in [3.05, 3.63) is 23.9 Å². The summed E-state index contributed by atoms with van der Waals surface area (Å²) in [5.74, 6) is -1.08. The summed E-state index contributed by atoms with van der Waals surface area (Å²) in [5, 5.41) is 10.2. The van der Waals surface area contributed by atoms with Crippen LogP contribution in [0.25, 0.3) is 10.9 Å². The van der Waals surface area contributed by atoms with Gasteiger partial charge in [-0.05, 0) is 32.9 Å². The van der Waals surface area contributed by atoms with Gasteiger partial charge in [-0.2, -0.15) is 4.98 Å². The third-order valence-electron chi connectivity index (χ3n) is 4.73. The van der Waals surface area contributed by atoms with Crippen LogP contribution in [-0.4, -0.2) is 84.1 Å². The highest BCUT2D eigenvalue weighted by molar-refractivity contribution is 6.05. The fourth-order valence-corrected chi connectivity index (χ4v) is 3.28. The Morgan fingerprint density at radius 2 is 1.84 bits per heavy atom. The minimum atomic E-state index is -1.08. The van der Waals surface area contributed by atoms with E-state index in [1.807, 2.05) is 20.8 Å². The fraction of sp³-hybridized carbons (Fsp3) is 0.524. The van der Waals surface area contributed by atoms with Crippen LogP contribution in [-0.2, 0) is 9.47 Å². The van der Waals surface area contributed by atoms with E-state index in [2.05, 4.69) is 14.9 Å². The Bertz CT molecular complexity index is 951. The number of amides is 1. The Kier molecular flexibility index (Phi) is 6.79. The number of hydrogen-bond acceptors (Lipinski definition) is 8. The molecule has 1 aromatic heterocycles. The van der Waals surface area contributed by atoms with Crippen LogP contribution in [0.4, 0.5) is 10.5 Å². The van der Waals surface area contributed by atoms with Gasteiger partial charge in [0.2, 0.25) is 0 Å². The van der Waals surface area contributed by atoms with E-state index in [0.717, 1.165) is 5.69 Å². The number of carbonyl (C=O) groups excluding carboxylic acids is 1. The number of ether oxygens (including phenoxy) is 3. The van der Waals surface area contributed by atoms with Gasteiger partial charge >= 0.3 is 18.1 Å². The van der Waals surface area contributed by atoms with Gasteiger partial charge in [0.05, 0.1) is 17.7 Å². The van der Waals surface area contributed by atoms with Crippen molar-refractivity contribution in [3.63, 3.8) is 0 Å². The van der Waals surface area contributed by atoms with Crippen LogP contribution in [0.15, 0.2) is 18.3 Å². The number of methoxy groups -OCH3 is 1. The molecule has 1 fully saturated rings. The van der Waals surface area contributed by atoms with Crippen molar-refractivity contribution in [1.82, 2.24) is 14.9 Å². The maximum atomic E-state index is 12.3. The molecule has 10 heteroatoms. The SMILES string of the molecule is COCCOc1ncc2c(N3CCN(C(=O)OC(C)(C)C)CC3)ccc(C(=O)O)c2n1. The molecular formula is C21H28N4O6. The molecule has 1 aromatic carbocycles. The topological polar surface area (TPSA) is 114 Å². The monoisotopic (exact) mass is 432 g/mol. The highest BCUT2D eigenvalue weighted by atomic mass is 16.6. The average Bonchev–Trinajstić information content (AvgIpc) is 2.72. The lowest BCUT2D eigenvalue weighted by Gasteiger charge is -2.37. The maximum Gasteiger partial charge on any atom is 0.410 e. The lowest BCUT2D eigenvalue weighted by Crippen LogP contribution is -2.50.